The highest BCUT2D eigenvalue weighted by Crippen LogP contribution is 2.10. The first-order chi connectivity index (χ1) is 6.29. The summed E-state index contributed by atoms with van der Waals surface area (Å²) >= 11 is 0. The van der Waals surface area contributed by atoms with Gasteiger partial charge in [-0.25, -0.2) is 5.01 Å². The molecule has 0 fully saturated rings. The summed E-state index contributed by atoms with van der Waals surface area (Å²) in [6.07, 6.45) is 1.11. The number of hydrogen-bond acceptors (Lipinski definition) is 3. The monoisotopic (exact) mass is 178 g/mol. The normalized spacial score (nSPS) is 9.31. The molecule has 0 aliphatic rings. The second kappa shape index (κ2) is 4.39. The summed E-state index contributed by atoms with van der Waals surface area (Å²) in [6.45, 7) is 3.31. The second-order valence-corrected chi connectivity index (χ2v) is 2.31. The minimum atomic E-state index is -0.422. The van der Waals surface area contributed by atoms with Crippen molar-refractivity contribution in [2.24, 2.45) is 0 Å². The van der Waals surface area contributed by atoms with Crippen molar-refractivity contribution >= 4 is 11.6 Å². The zero-order chi connectivity index (χ0) is 9.68. The SMILES string of the molecule is C=CC(=O)N(NO)c1ccccc1. The Labute approximate surface area is 76.0 Å². The summed E-state index contributed by atoms with van der Waals surface area (Å²) in [6, 6.07) is 8.71. The van der Waals surface area contributed by atoms with Crippen molar-refractivity contribution in [3.05, 3.63) is 43.0 Å². The molecule has 0 saturated carbocycles. The van der Waals surface area contributed by atoms with E-state index in [0.29, 0.717) is 5.69 Å². The van der Waals surface area contributed by atoms with Crippen LogP contribution in [-0.4, -0.2) is 11.1 Å². The number of para-hydroxylation sites is 1. The fraction of sp³-hybridized carbons (Fsp3) is 0. The second-order valence-electron chi connectivity index (χ2n) is 2.31. The predicted molar refractivity (Wildman–Crippen MR) is 49.0 cm³/mol. The number of carbonyl (C=O) groups excluding carboxylic acids is 1. The third-order valence-electron chi connectivity index (χ3n) is 1.51. The molecule has 0 saturated heterocycles. The van der Waals surface area contributed by atoms with Crippen LogP contribution in [0.25, 0.3) is 0 Å². The highest BCUT2D eigenvalue weighted by Gasteiger charge is 2.09. The number of nitrogens with zero attached hydrogens (tertiary/aromatic N) is 1. The van der Waals surface area contributed by atoms with E-state index >= 15 is 0 Å². The molecule has 1 aromatic carbocycles. The lowest BCUT2D eigenvalue weighted by Crippen LogP contribution is -2.39. The highest BCUT2D eigenvalue weighted by molar-refractivity contribution is 6.00. The topological polar surface area (TPSA) is 52.6 Å². The van der Waals surface area contributed by atoms with Gasteiger partial charge in [-0.15, -0.1) is 5.59 Å². The molecular formula is C9H10N2O2. The van der Waals surface area contributed by atoms with Gasteiger partial charge in [-0.3, -0.25) is 10.0 Å². The van der Waals surface area contributed by atoms with Crippen molar-refractivity contribution in [3.63, 3.8) is 0 Å². The highest BCUT2D eigenvalue weighted by atomic mass is 16.5. The lowest BCUT2D eigenvalue weighted by Gasteiger charge is -2.17. The largest absolute Gasteiger partial charge is 0.297 e. The van der Waals surface area contributed by atoms with Crippen LogP contribution in [0.3, 0.4) is 0 Å². The summed E-state index contributed by atoms with van der Waals surface area (Å²) in [7, 11) is 0. The van der Waals surface area contributed by atoms with Crippen LogP contribution in [0.1, 0.15) is 0 Å². The van der Waals surface area contributed by atoms with Gasteiger partial charge in [0.15, 0.2) is 0 Å². The smallest absolute Gasteiger partial charge is 0.266 e. The molecule has 0 aliphatic heterocycles. The molecule has 1 aromatic rings. The number of rotatable bonds is 3. The van der Waals surface area contributed by atoms with Gasteiger partial charge in [0.05, 0.1) is 5.69 Å². The molecule has 0 spiro atoms. The van der Waals surface area contributed by atoms with Gasteiger partial charge in [-0.2, -0.15) is 0 Å². The average molecular weight is 178 g/mol. The Morgan fingerprint density at radius 1 is 1.46 bits per heavy atom. The molecule has 13 heavy (non-hydrogen) atoms. The van der Waals surface area contributed by atoms with E-state index in [1.807, 2.05) is 6.07 Å². The van der Waals surface area contributed by atoms with Gasteiger partial charge in [0.2, 0.25) is 0 Å². The Morgan fingerprint density at radius 3 is 2.54 bits per heavy atom. The number of benzene rings is 1. The van der Waals surface area contributed by atoms with Crippen molar-refractivity contribution < 1.29 is 10.0 Å². The molecule has 68 valence electrons. The van der Waals surface area contributed by atoms with Crippen LogP contribution in [0.4, 0.5) is 5.69 Å². The van der Waals surface area contributed by atoms with Crippen molar-refractivity contribution in [1.29, 1.82) is 0 Å². The quantitative estimate of drug-likeness (QED) is 0.538. The zero-order valence-corrected chi connectivity index (χ0v) is 6.97. The lowest BCUT2D eigenvalue weighted by molar-refractivity contribution is -0.116. The molecule has 1 rings (SSSR count). The number of hydrogen-bond donors (Lipinski definition) is 2. The standard InChI is InChI=1S/C9H10N2O2/c1-2-9(12)11(10-13)8-6-4-3-5-7-8/h2-7,10,13H,1H2. The molecule has 0 heterocycles. The third kappa shape index (κ3) is 2.14. The van der Waals surface area contributed by atoms with E-state index in [4.69, 9.17) is 5.21 Å². The van der Waals surface area contributed by atoms with Crippen LogP contribution >= 0.6 is 0 Å². The van der Waals surface area contributed by atoms with E-state index in [0.717, 1.165) is 11.1 Å². The molecule has 0 radical (unpaired) electrons. The first-order valence-electron chi connectivity index (χ1n) is 3.71. The van der Waals surface area contributed by atoms with Crippen molar-refractivity contribution in [3.8, 4) is 0 Å². The fourth-order valence-corrected chi connectivity index (χ4v) is 0.903. The Balaban J connectivity index is 2.91. The third-order valence-corrected chi connectivity index (χ3v) is 1.51. The Bertz CT molecular complexity index is 298. The number of anilines is 1. The average Bonchev–Trinajstić information content (AvgIpc) is 2.20. The van der Waals surface area contributed by atoms with Crippen LogP contribution in [-0.2, 0) is 4.79 Å². The van der Waals surface area contributed by atoms with E-state index in [1.54, 1.807) is 29.9 Å². The Hall–Kier alpha value is -1.65. The van der Waals surface area contributed by atoms with E-state index in [9.17, 15) is 4.79 Å². The summed E-state index contributed by atoms with van der Waals surface area (Å²) in [5.41, 5.74) is 2.33. The van der Waals surface area contributed by atoms with E-state index in [-0.39, 0.29) is 0 Å². The maximum Gasteiger partial charge on any atom is 0.266 e. The molecule has 2 N–H and O–H groups in total. The van der Waals surface area contributed by atoms with Crippen LogP contribution in [0.15, 0.2) is 43.0 Å². The Kier molecular flexibility index (Phi) is 3.19. The molecular weight excluding hydrogens is 168 g/mol. The Morgan fingerprint density at radius 2 is 2.08 bits per heavy atom. The molecule has 0 aliphatic carbocycles. The van der Waals surface area contributed by atoms with Crippen LogP contribution in [0.5, 0.6) is 0 Å². The zero-order valence-electron chi connectivity index (χ0n) is 6.97. The van der Waals surface area contributed by atoms with E-state index in [1.165, 1.54) is 0 Å². The summed E-state index contributed by atoms with van der Waals surface area (Å²) in [5, 5.41) is 9.67. The van der Waals surface area contributed by atoms with E-state index in [2.05, 4.69) is 6.58 Å². The first-order valence-corrected chi connectivity index (χ1v) is 3.71. The van der Waals surface area contributed by atoms with Gasteiger partial charge in [-0.1, -0.05) is 24.8 Å². The maximum absolute atomic E-state index is 11.1. The molecule has 0 bridgehead atoms. The number of carbonyl (C=O) groups is 1. The lowest BCUT2D eigenvalue weighted by atomic mass is 10.3. The summed E-state index contributed by atoms with van der Waals surface area (Å²) < 4.78 is 0. The van der Waals surface area contributed by atoms with E-state index < -0.39 is 5.91 Å². The van der Waals surface area contributed by atoms with Crippen molar-refractivity contribution in [1.82, 2.24) is 5.59 Å². The number of nitrogens with one attached hydrogen (secondary N) is 1. The maximum atomic E-state index is 11.1. The first kappa shape index (κ1) is 9.44. The van der Waals surface area contributed by atoms with Crippen molar-refractivity contribution in [2.75, 3.05) is 5.01 Å². The van der Waals surface area contributed by atoms with Crippen LogP contribution in [0, 0.1) is 0 Å². The molecule has 0 aromatic heterocycles. The number of amides is 1. The molecule has 0 atom stereocenters. The van der Waals surface area contributed by atoms with Gasteiger partial charge in [0, 0.05) is 0 Å². The summed E-state index contributed by atoms with van der Waals surface area (Å²) in [4.78, 5) is 11.1. The van der Waals surface area contributed by atoms with Crippen LogP contribution < -0.4 is 10.6 Å². The minimum Gasteiger partial charge on any atom is -0.297 e. The summed E-state index contributed by atoms with van der Waals surface area (Å²) in [5.74, 6) is -0.422. The number of hydrazine groups is 1. The fourth-order valence-electron chi connectivity index (χ4n) is 0.903. The van der Waals surface area contributed by atoms with Gasteiger partial charge in [0.25, 0.3) is 5.91 Å². The molecule has 4 nitrogen and oxygen atoms in total. The van der Waals surface area contributed by atoms with Gasteiger partial charge in [-0.05, 0) is 18.2 Å². The predicted octanol–water partition coefficient (Wildman–Crippen LogP) is 1.10. The van der Waals surface area contributed by atoms with Crippen LogP contribution in [0.2, 0.25) is 0 Å². The molecule has 1 amide bonds. The minimum absolute atomic E-state index is 0.422. The van der Waals surface area contributed by atoms with Gasteiger partial charge in [0.1, 0.15) is 0 Å². The van der Waals surface area contributed by atoms with Gasteiger partial charge < -0.3 is 0 Å². The van der Waals surface area contributed by atoms with Gasteiger partial charge >= 0.3 is 0 Å². The molecule has 4 heteroatoms. The molecule has 0 unspecified atom stereocenters. The van der Waals surface area contributed by atoms with Crippen molar-refractivity contribution in [2.45, 2.75) is 0 Å².